The first kappa shape index (κ1) is 13.1. The van der Waals surface area contributed by atoms with Gasteiger partial charge in [-0.15, -0.1) is 0 Å². The maximum Gasteiger partial charge on any atom is 0.138 e. The molecule has 3 aromatic heterocycles. The maximum absolute atomic E-state index is 4.79. The van der Waals surface area contributed by atoms with E-state index in [4.69, 9.17) is 4.98 Å². The predicted molar refractivity (Wildman–Crippen MR) is 89.7 cm³/mol. The van der Waals surface area contributed by atoms with Gasteiger partial charge in [0, 0.05) is 40.5 Å². The molecule has 1 fully saturated rings. The van der Waals surface area contributed by atoms with Crippen LogP contribution < -0.4 is 5.32 Å². The van der Waals surface area contributed by atoms with Gasteiger partial charge in [0.05, 0.1) is 0 Å². The zero-order chi connectivity index (χ0) is 14.9. The Labute approximate surface area is 129 Å². The second-order valence-electron chi connectivity index (χ2n) is 5.74. The number of hydrogen-bond donors (Lipinski definition) is 2. The lowest BCUT2D eigenvalue weighted by molar-refractivity contribution is 0.412. The van der Waals surface area contributed by atoms with Gasteiger partial charge in [0.2, 0.25) is 0 Å². The maximum atomic E-state index is 4.79. The van der Waals surface area contributed by atoms with E-state index in [0.717, 1.165) is 28.0 Å². The fourth-order valence-corrected chi connectivity index (χ4v) is 2.93. The number of H-pyrrole nitrogens is 1. The Hall–Kier alpha value is -2.62. The van der Waals surface area contributed by atoms with E-state index in [1.165, 1.54) is 25.0 Å². The summed E-state index contributed by atoms with van der Waals surface area (Å²) in [6.07, 6.45) is 9.38. The Morgan fingerprint density at radius 1 is 1.23 bits per heavy atom. The van der Waals surface area contributed by atoms with E-state index in [1.54, 1.807) is 6.20 Å². The number of hydrogen-bond acceptors (Lipinski definition) is 3. The fourth-order valence-electron chi connectivity index (χ4n) is 2.93. The number of nitrogens with zero attached hydrogens (tertiary/aromatic N) is 2. The van der Waals surface area contributed by atoms with E-state index in [2.05, 4.69) is 40.1 Å². The molecule has 1 aliphatic rings. The lowest BCUT2D eigenvalue weighted by Crippen LogP contribution is -2.10. The van der Waals surface area contributed by atoms with Crippen molar-refractivity contribution in [3.8, 4) is 11.1 Å². The van der Waals surface area contributed by atoms with Gasteiger partial charge < -0.3 is 10.3 Å². The Bertz CT molecular complexity index is 813. The third kappa shape index (κ3) is 2.17. The second-order valence-corrected chi connectivity index (χ2v) is 5.74. The number of rotatable bonds is 4. The van der Waals surface area contributed by atoms with Crippen molar-refractivity contribution in [2.75, 3.05) is 5.32 Å². The van der Waals surface area contributed by atoms with Crippen LogP contribution in [0.1, 0.15) is 30.9 Å². The number of aromatic nitrogens is 3. The molecule has 110 valence electrons. The van der Waals surface area contributed by atoms with E-state index < -0.39 is 0 Å². The highest BCUT2D eigenvalue weighted by Crippen LogP contribution is 2.36. The summed E-state index contributed by atoms with van der Waals surface area (Å²) in [6.45, 7) is 3.64. The summed E-state index contributed by atoms with van der Waals surface area (Å²) in [5.41, 5.74) is 4.41. The molecule has 4 heteroatoms. The lowest BCUT2D eigenvalue weighted by Gasteiger charge is -2.24. The van der Waals surface area contributed by atoms with Crippen LogP contribution in [0.2, 0.25) is 0 Å². The van der Waals surface area contributed by atoms with Crippen molar-refractivity contribution < 1.29 is 0 Å². The van der Waals surface area contributed by atoms with Crippen LogP contribution in [0.4, 0.5) is 5.82 Å². The Kier molecular flexibility index (Phi) is 3.15. The minimum absolute atomic E-state index is 0.655. The summed E-state index contributed by atoms with van der Waals surface area (Å²) in [4.78, 5) is 12.5. The molecule has 0 aliphatic heterocycles. The van der Waals surface area contributed by atoms with Crippen molar-refractivity contribution in [3.05, 3.63) is 55.1 Å². The van der Waals surface area contributed by atoms with Gasteiger partial charge in [-0.2, -0.15) is 0 Å². The van der Waals surface area contributed by atoms with Crippen LogP contribution >= 0.6 is 0 Å². The molecule has 0 aromatic carbocycles. The van der Waals surface area contributed by atoms with Crippen molar-refractivity contribution in [1.82, 2.24) is 15.0 Å². The average molecular weight is 290 g/mol. The van der Waals surface area contributed by atoms with Gasteiger partial charge in [0.25, 0.3) is 0 Å². The predicted octanol–water partition coefficient (Wildman–Crippen LogP) is 4.45. The molecule has 3 heterocycles. The number of aromatic amines is 1. The van der Waals surface area contributed by atoms with Crippen LogP contribution in [0.25, 0.3) is 22.2 Å². The number of fused-ring (bicyclic) bond motifs is 1. The van der Waals surface area contributed by atoms with Gasteiger partial charge in [-0.1, -0.05) is 13.0 Å². The quantitative estimate of drug-likeness (QED) is 0.746. The summed E-state index contributed by atoms with van der Waals surface area (Å²) in [5.74, 6) is 1.45. The SMILES string of the molecule is C=CNc1ccc(-c2c[nH]c3nc(C4CCC4)ccc23)cn1. The number of anilines is 1. The second kappa shape index (κ2) is 5.30. The summed E-state index contributed by atoms with van der Waals surface area (Å²) in [5, 5.41) is 4.13. The van der Waals surface area contributed by atoms with Crippen molar-refractivity contribution in [2.45, 2.75) is 25.2 Å². The van der Waals surface area contributed by atoms with Crippen LogP contribution in [-0.2, 0) is 0 Å². The molecule has 4 rings (SSSR count). The molecule has 0 bridgehead atoms. The minimum Gasteiger partial charge on any atom is -0.347 e. The summed E-state index contributed by atoms with van der Waals surface area (Å²) in [6, 6.07) is 8.36. The Morgan fingerprint density at radius 2 is 2.14 bits per heavy atom. The standard InChI is InChI=1S/C18H18N4/c1-2-19-17-9-6-13(10-20-17)15-11-21-18-14(15)7-8-16(22-18)12-4-3-5-12/h2,6-12H,1,3-5H2,(H,19,20)(H,21,22). The van der Waals surface area contributed by atoms with E-state index in [-0.39, 0.29) is 0 Å². The van der Waals surface area contributed by atoms with E-state index >= 15 is 0 Å². The first-order chi connectivity index (χ1) is 10.8. The molecular weight excluding hydrogens is 272 g/mol. The van der Waals surface area contributed by atoms with Crippen LogP contribution in [-0.4, -0.2) is 15.0 Å². The van der Waals surface area contributed by atoms with Crippen molar-refractivity contribution in [2.24, 2.45) is 0 Å². The van der Waals surface area contributed by atoms with Gasteiger partial charge in [-0.25, -0.2) is 9.97 Å². The molecule has 0 radical (unpaired) electrons. The van der Waals surface area contributed by atoms with Gasteiger partial charge in [-0.3, -0.25) is 0 Å². The highest BCUT2D eigenvalue weighted by molar-refractivity contribution is 5.93. The molecule has 2 N–H and O–H groups in total. The molecule has 0 atom stereocenters. The van der Waals surface area contributed by atoms with Gasteiger partial charge >= 0.3 is 0 Å². The zero-order valence-electron chi connectivity index (χ0n) is 12.3. The molecule has 0 amide bonds. The fraction of sp³-hybridized carbons (Fsp3) is 0.222. The molecule has 0 unspecified atom stereocenters. The third-order valence-electron chi connectivity index (χ3n) is 4.41. The van der Waals surface area contributed by atoms with Gasteiger partial charge in [-0.05, 0) is 43.3 Å². The molecule has 0 spiro atoms. The molecule has 1 saturated carbocycles. The van der Waals surface area contributed by atoms with E-state index in [0.29, 0.717) is 5.92 Å². The largest absolute Gasteiger partial charge is 0.347 e. The minimum atomic E-state index is 0.655. The summed E-state index contributed by atoms with van der Waals surface area (Å²) in [7, 11) is 0. The lowest BCUT2D eigenvalue weighted by atomic mass is 9.82. The highest BCUT2D eigenvalue weighted by Gasteiger charge is 2.21. The van der Waals surface area contributed by atoms with Crippen LogP contribution in [0, 0.1) is 0 Å². The van der Waals surface area contributed by atoms with Gasteiger partial charge in [0.1, 0.15) is 11.5 Å². The molecule has 1 aliphatic carbocycles. The van der Waals surface area contributed by atoms with Crippen molar-refractivity contribution in [1.29, 1.82) is 0 Å². The number of nitrogens with one attached hydrogen (secondary N) is 2. The molecule has 0 saturated heterocycles. The zero-order valence-corrected chi connectivity index (χ0v) is 12.3. The first-order valence-electron chi connectivity index (χ1n) is 7.67. The summed E-state index contributed by atoms with van der Waals surface area (Å²) >= 11 is 0. The Morgan fingerprint density at radius 3 is 2.82 bits per heavy atom. The third-order valence-corrected chi connectivity index (χ3v) is 4.41. The monoisotopic (exact) mass is 290 g/mol. The van der Waals surface area contributed by atoms with Gasteiger partial charge in [0.15, 0.2) is 0 Å². The van der Waals surface area contributed by atoms with E-state index in [1.807, 2.05) is 18.5 Å². The summed E-state index contributed by atoms with van der Waals surface area (Å²) < 4.78 is 0. The molecular formula is C18H18N4. The number of pyridine rings is 2. The molecule has 3 aromatic rings. The van der Waals surface area contributed by atoms with E-state index in [9.17, 15) is 0 Å². The van der Waals surface area contributed by atoms with Crippen LogP contribution in [0.5, 0.6) is 0 Å². The van der Waals surface area contributed by atoms with Crippen LogP contribution in [0.3, 0.4) is 0 Å². The molecule has 4 nitrogen and oxygen atoms in total. The van der Waals surface area contributed by atoms with Crippen LogP contribution in [0.15, 0.2) is 49.4 Å². The van der Waals surface area contributed by atoms with Crippen molar-refractivity contribution >= 4 is 16.9 Å². The Balaban J connectivity index is 1.70. The van der Waals surface area contributed by atoms with Crippen molar-refractivity contribution in [3.63, 3.8) is 0 Å². The first-order valence-corrected chi connectivity index (χ1v) is 7.67. The molecule has 22 heavy (non-hydrogen) atoms. The highest BCUT2D eigenvalue weighted by atomic mass is 15.0. The average Bonchev–Trinajstić information content (AvgIpc) is 2.90. The normalized spacial score (nSPS) is 14.7. The topological polar surface area (TPSA) is 53.6 Å². The smallest absolute Gasteiger partial charge is 0.138 e.